The Kier molecular flexibility index (Phi) is 45.8. The molecule has 1 heterocycles. The summed E-state index contributed by atoms with van der Waals surface area (Å²) < 4.78 is 38.9. The van der Waals surface area contributed by atoms with E-state index in [-0.39, 0.29) is 19.4 Å². The van der Waals surface area contributed by atoms with Gasteiger partial charge in [0.25, 0.3) is 0 Å². The van der Waals surface area contributed by atoms with Crippen molar-refractivity contribution in [3.05, 3.63) is 24.3 Å². The maximum atomic E-state index is 13.2. The van der Waals surface area contributed by atoms with Gasteiger partial charge in [-0.2, -0.15) is 0 Å². The summed E-state index contributed by atoms with van der Waals surface area (Å²) in [6.07, 6.45) is 16.2. The number of hydrogen-bond donors (Lipinski definition) is 11. The van der Waals surface area contributed by atoms with Gasteiger partial charge in [0, 0.05) is 12.8 Å². The Morgan fingerprint density at radius 3 is 1.52 bits per heavy atom. The number of unbranched alkanes of at least 4 members (excludes halogenated alkanes) is 22. The number of ether oxygens (including phenoxy) is 7. The quantitative estimate of drug-likeness (QED) is 0.0168. The van der Waals surface area contributed by atoms with Crippen molar-refractivity contribution < 1.29 is 98.9 Å². The molecule has 11 N–H and O–H groups in total. The molecular formula is C57H106O20. The minimum absolute atomic E-state index is 0.110. The second kappa shape index (κ2) is 48.5. The van der Waals surface area contributed by atoms with Gasteiger partial charge in [-0.05, 0) is 44.9 Å². The molecule has 454 valence electrons. The number of carbonyl (C=O) groups is 2. The second-order valence-electron chi connectivity index (χ2n) is 20.5. The van der Waals surface area contributed by atoms with E-state index >= 15 is 0 Å². The van der Waals surface area contributed by atoms with Gasteiger partial charge in [-0.1, -0.05) is 160 Å². The van der Waals surface area contributed by atoms with Gasteiger partial charge in [0.1, 0.15) is 67.6 Å². The van der Waals surface area contributed by atoms with E-state index in [9.17, 15) is 60.7 Å². The first-order chi connectivity index (χ1) is 37.3. The molecule has 0 aromatic rings. The Morgan fingerprint density at radius 2 is 1.01 bits per heavy atom. The van der Waals surface area contributed by atoms with Gasteiger partial charge in [0.05, 0.1) is 46.2 Å². The number of hydrogen-bond acceptors (Lipinski definition) is 20. The third kappa shape index (κ3) is 35.3. The van der Waals surface area contributed by atoms with Crippen molar-refractivity contribution in [2.24, 2.45) is 0 Å². The highest BCUT2D eigenvalue weighted by atomic mass is 16.7. The molecule has 1 saturated heterocycles. The number of aliphatic hydroxyl groups excluding tert-OH is 11. The fourth-order valence-corrected chi connectivity index (χ4v) is 8.68. The molecule has 1 aliphatic rings. The van der Waals surface area contributed by atoms with Crippen LogP contribution in [0.3, 0.4) is 0 Å². The van der Waals surface area contributed by atoms with Gasteiger partial charge < -0.3 is 89.3 Å². The maximum absolute atomic E-state index is 13.2. The van der Waals surface area contributed by atoms with Crippen LogP contribution in [-0.4, -0.2) is 201 Å². The lowest BCUT2D eigenvalue weighted by molar-refractivity contribution is -0.317. The highest BCUT2D eigenvalue weighted by Gasteiger charge is 2.47. The van der Waals surface area contributed by atoms with Crippen molar-refractivity contribution in [3.8, 4) is 0 Å². The van der Waals surface area contributed by atoms with Crippen molar-refractivity contribution >= 4 is 11.9 Å². The predicted molar refractivity (Wildman–Crippen MR) is 289 cm³/mol. The number of aliphatic hydroxyl groups is 11. The summed E-state index contributed by atoms with van der Waals surface area (Å²) in [5.74, 6) is -1.04. The van der Waals surface area contributed by atoms with E-state index in [1.54, 1.807) is 0 Å². The van der Waals surface area contributed by atoms with E-state index in [1.165, 1.54) is 89.9 Å². The number of rotatable bonds is 52. The summed E-state index contributed by atoms with van der Waals surface area (Å²) in [5.41, 5.74) is 0. The molecule has 1 rings (SSSR count). The normalized spacial score (nSPS) is 21.2. The highest BCUT2D eigenvalue weighted by Crippen LogP contribution is 2.26. The zero-order valence-corrected chi connectivity index (χ0v) is 46.9. The van der Waals surface area contributed by atoms with Gasteiger partial charge in [-0.15, -0.1) is 0 Å². The standard InChI is InChI=1S/C57H106O20/c1-3-5-7-9-11-13-15-17-19-21-23-25-27-29-31-33-49(65)71-39-43(75-50(66)34-32-30-28-26-24-22-20-18-16-14-12-10-8-6-4-2)40-74-57-56(55(70)54(69)48(37-60)77-57)73-42-46(64)53(68)52(67)45(63)41-72-51(38-61)76-47(36-59)44(62)35-58/h13,15,19,21,43-48,51-64,67-70H,3-12,14,16-18,20,22-42H2,1-2H3/b15-13-,21-19-/t43-,44?,45?,46?,47?,48?,51+,52+,53?,54-,55?,56?,57-/m1/s1. The Bertz CT molecular complexity index is 1440. The van der Waals surface area contributed by atoms with Gasteiger partial charge >= 0.3 is 11.9 Å². The van der Waals surface area contributed by atoms with Crippen LogP contribution in [0.15, 0.2) is 24.3 Å². The molecule has 77 heavy (non-hydrogen) atoms. The third-order valence-corrected chi connectivity index (χ3v) is 13.6. The fraction of sp³-hybridized carbons (Fsp3) is 0.895. The van der Waals surface area contributed by atoms with Crippen LogP contribution in [0.1, 0.15) is 194 Å². The summed E-state index contributed by atoms with van der Waals surface area (Å²) >= 11 is 0. The van der Waals surface area contributed by atoms with Crippen LogP contribution in [0.2, 0.25) is 0 Å². The Morgan fingerprint density at radius 1 is 0.519 bits per heavy atom. The molecule has 13 atom stereocenters. The number of esters is 2. The molecular weight excluding hydrogens is 1000 g/mol. The van der Waals surface area contributed by atoms with E-state index in [1.807, 2.05) is 0 Å². The first-order valence-electron chi connectivity index (χ1n) is 29.3. The smallest absolute Gasteiger partial charge is 0.306 e. The van der Waals surface area contributed by atoms with Crippen LogP contribution in [0.5, 0.6) is 0 Å². The molecule has 20 nitrogen and oxygen atoms in total. The van der Waals surface area contributed by atoms with Crippen LogP contribution >= 0.6 is 0 Å². The monoisotopic (exact) mass is 1110 g/mol. The van der Waals surface area contributed by atoms with E-state index in [0.717, 1.165) is 64.2 Å². The van der Waals surface area contributed by atoms with Gasteiger partial charge in [0.2, 0.25) is 0 Å². The summed E-state index contributed by atoms with van der Waals surface area (Å²) in [6, 6.07) is 0. The average Bonchev–Trinajstić information content (AvgIpc) is 3.43. The van der Waals surface area contributed by atoms with Crippen molar-refractivity contribution in [1.29, 1.82) is 0 Å². The molecule has 0 aromatic heterocycles. The minimum atomic E-state index is -2.12. The third-order valence-electron chi connectivity index (χ3n) is 13.6. The lowest BCUT2D eigenvalue weighted by Gasteiger charge is -2.42. The van der Waals surface area contributed by atoms with Crippen LogP contribution in [0.25, 0.3) is 0 Å². The number of allylic oxidation sites excluding steroid dienone is 4. The SMILES string of the molecule is CCCCCC/C=C\C/C=C\CCCCCCC(=O)OC[C@H](CO[C@@H]1OC(CO)[C@@H](O)C(O)C1OCC(O)C(O)[C@@H](O)C(O)CO[C@H](CO)OC(CO)C(O)CO)OC(=O)CCCCCCCCCCCCCCCCC. The lowest BCUT2D eigenvalue weighted by atomic mass is 9.98. The molecule has 0 aliphatic carbocycles. The molecule has 1 fully saturated rings. The van der Waals surface area contributed by atoms with Crippen LogP contribution < -0.4 is 0 Å². The molecule has 1 aliphatic heterocycles. The largest absolute Gasteiger partial charge is 0.462 e. The van der Waals surface area contributed by atoms with Gasteiger partial charge in [-0.3, -0.25) is 9.59 Å². The number of carbonyl (C=O) groups excluding carboxylic acids is 2. The molecule has 0 saturated carbocycles. The Labute approximate surface area is 460 Å². The topological polar surface area (TPSA) is 321 Å². The van der Waals surface area contributed by atoms with Gasteiger partial charge in [0.15, 0.2) is 18.7 Å². The van der Waals surface area contributed by atoms with Crippen molar-refractivity contribution in [1.82, 2.24) is 0 Å². The zero-order valence-electron chi connectivity index (χ0n) is 46.9. The fourth-order valence-electron chi connectivity index (χ4n) is 8.68. The summed E-state index contributed by atoms with van der Waals surface area (Å²) in [5, 5.41) is 112. The van der Waals surface area contributed by atoms with Crippen molar-refractivity contribution in [2.45, 2.75) is 273 Å². The molecule has 0 spiro atoms. The molecule has 20 heteroatoms. The summed E-state index contributed by atoms with van der Waals surface area (Å²) in [4.78, 5) is 26.1. The summed E-state index contributed by atoms with van der Waals surface area (Å²) in [6.45, 7) is -1.17. The summed E-state index contributed by atoms with van der Waals surface area (Å²) in [7, 11) is 0. The van der Waals surface area contributed by atoms with E-state index < -0.39 is 138 Å². The minimum Gasteiger partial charge on any atom is -0.462 e. The molecule has 0 amide bonds. The first kappa shape index (κ1) is 72.8. The van der Waals surface area contributed by atoms with Crippen molar-refractivity contribution in [3.63, 3.8) is 0 Å². The first-order valence-corrected chi connectivity index (χ1v) is 29.3. The van der Waals surface area contributed by atoms with Gasteiger partial charge in [-0.25, -0.2) is 0 Å². The highest BCUT2D eigenvalue weighted by molar-refractivity contribution is 5.70. The van der Waals surface area contributed by atoms with Crippen molar-refractivity contribution in [2.75, 3.05) is 52.9 Å². The maximum Gasteiger partial charge on any atom is 0.306 e. The van der Waals surface area contributed by atoms with Crippen LogP contribution in [0.4, 0.5) is 0 Å². The lowest BCUT2D eigenvalue weighted by Crippen LogP contribution is -2.61. The average molecular weight is 1110 g/mol. The van der Waals surface area contributed by atoms with E-state index in [4.69, 9.17) is 38.3 Å². The van der Waals surface area contributed by atoms with E-state index in [0.29, 0.717) is 12.8 Å². The molecule has 0 aromatic carbocycles. The van der Waals surface area contributed by atoms with Crippen LogP contribution in [0, 0.1) is 0 Å². The zero-order chi connectivity index (χ0) is 56.9. The van der Waals surface area contributed by atoms with E-state index in [2.05, 4.69) is 38.2 Å². The molecule has 8 unspecified atom stereocenters. The van der Waals surface area contributed by atoms with Crippen LogP contribution in [-0.2, 0) is 42.7 Å². The second-order valence-corrected chi connectivity index (χ2v) is 20.5. The molecule has 0 radical (unpaired) electrons. The Hall–Kier alpha value is -2.22. The molecule has 0 bridgehead atoms. The Balaban J connectivity index is 2.84. The predicted octanol–water partition coefficient (Wildman–Crippen LogP) is 4.87.